The molecular formula is C12H17BrFNO2. The molecule has 0 aliphatic heterocycles. The second-order valence-electron chi connectivity index (χ2n) is 3.63. The average Bonchev–Trinajstić information content (AvgIpc) is 2.32. The lowest BCUT2D eigenvalue weighted by atomic mass is 10.1. The Morgan fingerprint density at radius 1 is 1.29 bits per heavy atom. The number of unbranched alkanes of at least 4 members (excludes halogenated alkanes) is 1. The molecule has 0 aromatic heterocycles. The average molecular weight is 306 g/mol. The molecule has 3 nitrogen and oxygen atoms in total. The van der Waals surface area contributed by atoms with E-state index in [0.717, 1.165) is 12.8 Å². The van der Waals surface area contributed by atoms with Gasteiger partial charge in [-0.05, 0) is 31.9 Å². The molecule has 17 heavy (non-hydrogen) atoms. The first-order valence-corrected chi connectivity index (χ1v) is 6.23. The molecule has 0 aliphatic carbocycles. The van der Waals surface area contributed by atoms with Crippen molar-refractivity contribution in [2.45, 2.75) is 19.3 Å². The van der Waals surface area contributed by atoms with Gasteiger partial charge >= 0.3 is 0 Å². The van der Waals surface area contributed by atoms with Crippen molar-refractivity contribution in [2.75, 3.05) is 20.8 Å². The predicted molar refractivity (Wildman–Crippen MR) is 69.2 cm³/mol. The van der Waals surface area contributed by atoms with Crippen molar-refractivity contribution >= 4 is 15.9 Å². The Labute approximate surface area is 109 Å². The Bertz CT molecular complexity index is 385. The summed E-state index contributed by atoms with van der Waals surface area (Å²) in [5, 5.41) is 0. The molecular weight excluding hydrogens is 289 g/mol. The summed E-state index contributed by atoms with van der Waals surface area (Å²) in [6.07, 6.45) is 2.35. The summed E-state index contributed by atoms with van der Waals surface area (Å²) >= 11 is 3.35. The largest absolute Gasteiger partial charge is 0.493 e. The second kappa shape index (κ2) is 6.81. The quantitative estimate of drug-likeness (QED) is 0.822. The monoisotopic (exact) mass is 305 g/mol. The van der Waals surface area contributed by atoms with Gasteiger partial charge in [0.05, 0.1) is 14.2 Å². The smallest absolute Gasteiger partial charge is 0.197 e. The highest BCUT2D eigenvalue weighted by atomic mass is 79.9. The van der Waals surface area contributed by atoms with Crippen LogP contribution in [0.25, 0.3) is 0 Å². The van der Waals surface area contributed by atoms with E-state index in [1.54, 1.807) is 6.07 Å². The van der Waals surface area contributed by atoms with Crippen molar-refractivity contribution in [3.63, 3.8) is 0 Å². The van der Waals surface area contributed by atoms with Crippen molar-refractivity contribution in [3.05, 3.63) is 21.9 Å². The maximum atomic E-state index is 14.1. The fraction of sp³-hybridized carbons (Fsp3) is 0.500. The molecule has 0 aliphatic rings. The molecule has 0 unspecified atom stereocenters. The van der Waals surface area contributed by atoms with Crippen LogP contribution in [-0.4, -0.2) is 20.8 Å². The number of methoxy groups -OCH3 is 2. The number of rotatable bonds is 6. The Morgan fingerprint density at radius 2 is 2.00 bits per heavy atom. The van der Waals surface area contributed by atoms with E-state index in [9.17, 15) is 4.39 Å². The highest BCUT2D eigenvalue weighted by Crippen LogP contribution is 2.37. The zero-order valence-electron chi connectivity index (χ0n) is 10.1. The van der Waals surface area contributed by atoms with Gasteiger partial charge in [-0.25, -0.2) is 4.39 Å². The summed E-state index contributed by atoms with van der Waals surface area (Å²) < 4.78 is 24.9. The lowest BCUT2D eigenvalue weighted by Gasteiger charge is -2.13. The van der Waals surface area contributed by atoms with Gasteiger partial charge in [-0.1, -0.05) is 15.9 Å². The molecule has 0 heterocycles. The first kappa shape index (κ1) is 14.3. The van der Waals surface area contributed by atoms with E-state index in [1.807, 2.05) is 0 Å². The first-order chi connectivity index (χ1) is 8.15. The van der Waals surface area contributed by atoms with Gasteiger partial charge in [-0.2, -0.15) is 0 Å². The van der Waals surface area contributed by atoms with Gasteiger partial charge in [0.25, 0.3) is 0 Å². The molecule has 1 aromatic carbocycles. The second-order valence-corrected chi connectivity index (χ2v) is 4.49. The number of halogens is 2. The van der Waals surface area contributed by atoms with Crippen LogP contribution in [-0.2, 0) is 6.42 Å². The van der Waals surface area contributed by atoms with Crippen molar-refractivity contribution in [1.29, 1.82) is 0 Å². The molecule has 0 radical (unpaired) electrons. The maximum Gasteiger partial charge on any atom is 0.197 e. The molecule has 0 saturated heterocycles. The van der Waals surface area contributed by atoms with E-state index in [0.29, 0.717) is 28.8 Å². The maximum absolute atomic E-state index is 14.1. The van der Waals surface area contributed by atoms with Gasteiger partial charge in [0.1, 0.15) is 0 Å². The molecule has 1 aromatic rings. The van der Waals surface area contributed by atoms with E-state index in [-0.39, 0.29) is 11.6 Å². The summed E-state index contributed by atoms with van der Waals surface area (Å²) in [5.41, 5.74) is 6.03. The van der Waals surface area contributed by atoms with E-state index in [2.05, 4.69) is 15.9 Å². The van der Waals surface area contributed by atoms with Crippen LogP contribution in [0.1, 0.15) is 18.4 Å². The summed E-state index contributed by atoms with van der Waals surface area (Å²) in [6.45, 7) is 0.618. The number of hydrogen-bond acceptors (Lipinski definition) is 3. The van der Waals surface area contributed by atoms with Gasteiger partial charge in [0.15, 0.2) is 17.3 Å². The molecule has 0 amide bonds. The zero-order chi connectivity index (χ0) is 12.8. The number of ether oxygens (including phenoxy) is 2. The molecule has 0 bridgehead atoms. The van der Waals surface area contributed by atoms with Crippen LogP contribution >= 0.6 is 15.9 Å². The number of nitrogens with two attached hydrogens (primary N) is 1. The van der Waals surface area contributed by atoms with Gasteiger partial charge in [0, 0.05) is 10.0 Å². The SMILES string of the molecule is COc1cc(Br)c(CCCCN)c(F)c1OC. The molecule has 0 saturated carbocycles. The lowest BCUT2D eigenvalue weighted by molar-refractivity contribution is 0.335. The topological polar surface area (TPSA) is 44.5 Å². The van der Waals surface area contributed by atoms with Crippen LogP contribution in [0.3, 0.4) is 0 Å². The Hall–Kier alpha value is -0.810. The van der Waals surface area contributed by atoms with Crippen molar-refractivity contribution in [1.82, 2.24) is 0 Å². The van der Waals surface area contributed by atoms with E-state index in [4.69, 9.17) is 15.2 Å². The third-order valence-electron chi connectivity index (χ3n) is 2.54. The van der Waals surface area contributed by atoms with Crippen molar-refractivity contribution in [2.24, 2.45) is 5.73 Å². The summed E-state index contributed by atoms with van der Waals surface area (Å²) in [5.74, 6) is 0.175. The number of hydrogen-bond donors (Lipinski definition) is 1. The van der Waals surface area contributed by atoms with Crippen molar-refractivity contribution in [3.8, 4) is 11.5 Å². The molecule has 0 spiro atoms. The molecule has 1 rings (SSSR count). The summed E-state index contributed by atoms with van der Waals surface area (Å²) in [4.78, 5) is 0. The zero-order valence-corrected chi connectivity index (χ0v) is 11.6. The molecule has 96 valence electrons. The normalized spacial score (nSPS) is 10.4. The third-order valence-corrected chi connectivity index (χ3v) is 3.25. The van der Waals surface area contributed by atoms with Crippen molar-refractivity contribution < 1.29 is 13.9 Å². The molecule has 5 heteroatoms. The fourth-order valence-electron chi connectivity index (χ4n) is 1.63. The molecule has 2 N–H and O–H groups in total. The van der Waals surface area contributed by atoms with Crippen LogP contribution in [0.5, 0.6) is 11.5 Å². The molecule has 0 fully saturated rings. The van der Waals surface area contributed by atoms with Crippen LogP contribution in [0.15, 0.2) is 10.5 Å². The number of benzene rings is 1. The minimum Gasteiger partial charge on any atom is -0.493 e. The highest BCUT2D eigenvalue weighted by molar-refractivity contribution is 9.10. The Morgan fingerprint density at radius 3 is 2.53 bits per heavy atom. The third kappa shape index (κ3) is 3.33. The van der Waals surface area contributed by atoms with Gasteiger partial charge in [0.2, 0.25) is 0 Å². The lowest BCUT2D eigenvalue weighted by Crippen LogP contribution is -2.02. The highest BCUT2D eigenvalue weighted by Gasteiger charge is 2.18. The molecule has 0 atom stereocenters. The van der Waals surface area contributed by atoms with Gasteiger partial charge < -0.3 is 15.2 Å². The minimum absolute atomic E-state index is 0.151. The van der Waals surface area contributed by atoms with Crippen LogP contribution in [0.4, 0.5) is 4.39 Å². The Kier molecular flexibility index (Phi) is 5.71. The van der Waals surface area contributed by atoms with E-state index in [1.165, 1.54) is 14.2 Å². The van der Waals surface area contributed by atoms with Crippen LogP contribution < -0.4 is 15.2 Å². The van der Waals surface area contributed by atoms with Gasteiger partial charge in [-0.3, -0.25) is 0 Å². The van der Waals surface area contributed by atoms with Crippen LogP contribution in [0, 0.1) is 5.82 Å². The van der Waals surface area contributed by atoms with Gasteiger partial charge in [-0.15, -0.1) is 0 Å². The van der Waals surface area contributed by atoms with E-state index < -0.39 is 0 Å². The summed E-state index contributed by atoms with van der Waals surface area (Å²) in [7, 11) is 2.91. The van der Waals surface area contributed by atoms with Crippen LogP contribution in [0.2, 0.25) is 0 Å². The summed E-state index contributed by atoms with van der Waals surface area (Å²) in [6, 6.07) is 1.72. The minimum atomic E-state index is -0.365. The fourth-order valence-corrected chi connectivity index (χ4v) is 2.22. The first-order valence-electron chi connectivity index (χ1n) is 5.44. The Balaban J connectivity index is 3.04. The standard InChI is InChI=1S/C12H17BrFNO2/c1-16-10-7-9(13)8(5-3-4-6-15)11(14)12(10)17-2/h7H,3-6,15H2,1-2H3. The van der Waals surface area contributed by atoms with E-state index >= 15 is 0 Å². The predicted octanol–water partition coefficient (Wildman–Crippen LogP) is 2.89.